The Morgan fingerprint density at radius 3 is 3.00 bits per heavy atom. The fourth-order valence-electron chi connectivity index (χ4n) is 2.91. The molecule has 14 heteroatoms. The Labute approximate surface area is 149 Å². The van der Waals surface area contributed by atoms with E-state index in [9.17, 15) is 23.7 Å². The fraction of sp³-hybridized carbons (Fsp3) is 0.462. The van der Waals surface area contributed by atoms with E-state index in [1.165, 1.54) is 27.7 Å². The molecule has 1 fully saturated rings. The second-order valence-electron chi connectivity index (χ2n) is 5.85. The van der Waals surface area contributed by atoms with Gasteiger partial charge in [-0.1, -0.05) is 0 Å². The number of nitrogens with zero attached hydrogens (tertiary/aromatic N) is 4. The van der Waals surface area contributed by atoms with E-state index in [0.29, 0.717) is 0 Å². The Morgan fingerprint density at radius 1 is 1.48 bits per heavy atom. The lowest BCUT2D eigenvalue weighted by atomic mass is 10.1. The largest absolute Gasteiger partial charge is 0.472 e. The van der Waals surface area contributed by atoms with Crippen LogP contribution in [0.15, 0.2) is 23.5 Å². The molecular formula is C13H15FN5O7P. The van der Waals surface area contributed by atoms with Gasteiger partial charge in [0.1, 0.15) is 17.9 Å². The van der Waals surface area contributed by atoms with Gasteiger partial charge in [-0.05, 0) is 0 Å². The number of rotatable bonds is 5. The second-order valence-corrected chi connectivity index (χ2v) is 7.41. The van der Waals surface area contributed by atoms with Crippen LogP contribution < -0.4 is 5.56 Å². The lowest BCUT2D eigenvalue weighted by Gasteiger charge is -2.17. The summed E-state index contributed by atoms with van der Waals surface area (Å²) in [6.07, 6.45) is -2.01. The number of H-pyrrole nitrogens is 1. The van der Waals surface area contributed by atoms with E-state index >= 15 is 0 Å². The average molecular weight is 403 g/mol. The number of alkyl halides is 1. The normalized spacial score (nSPS) is 28.1. The summed E-state index contributed by atoms with van der Waals surface area (Å²) in [5.41, 5.74) is -0.215. The standard InChI is InChI=1S/C13H15FN5O7P/c1-24-27(22,23)25-4-6-7(14)9(20)12(26-6)19-5-16-8-10(19)17-13-15-2-3-18(13)11(8)21/h2-3,5-7,9,12,20H,4H2,1H3,(H,15,17)(H,22,23)/t6-,7-,9-,12-/m1/s1. The number of aromatic nitrogens is 5. The van der Waals surface area contributed by atoms with E-state index in [4.69, 9.17) is 4.74 Å². The summed E-state index contributed by atoms with van der Waals surface area (Å²) >= 11 is 0. The SMILES string of the molecule is COP(=O)(O)OC[C@H]1O[C@@H](n2cnc3c(=O)n4ccnc4[nH]c32)[C@H](O)[C@@H]1F. The van der Waals surface area contributed by atoms with Crippen LogP contribution in [0.25, 0.3) is 16.9 Å². The first-order valence-corrected chi connectivity index (χ1v) is 9.24. The lowest BCUT2D eigenvalue weighted by molar-refractivity contribution is -0.0494. The Bertz CT molecular complexity index is 1100. The highest BCUT2D eigenvalue weighted by Gasteiger charge is 2.46. The predicted octanol–water partition coefficient (Wildman–Crippen LogP) is -0.268. The van der Waals surface area contributed by atoms with Gasteiger partial charge in [0.05, 0.1) is 12.9 Å². The molecule has 0 spiro atoms. The van der Waals surface area contributed by atoms with Gasteiger partial charge in [-0.2, -0.15) is 0 Å². The molecule has 3 aromatic rings. The highest BCUT2D eigenvalue weighted by molar-refractivity contribution is 7.47. The number of halogens is 1. The Kier molecular flexibility index (Phi) is 4.37. The van der Waals surface area contributed by atoms with Gasteiger partial charge in [-0.3, -0.25) is 18.4 Å². The summed E-state index contributed by atoms with van der Waals surface area (Å²) in [6.45, 7) is -0.621. The van der Waals surface area contributed by atoms with Crippen molar-refractivity contribution in [3.8, 4) is 0 Å². The van der Waals surface area contributed by atoms with Crippen molar-refractivity contribution in [3.05, 3.63) is 29.1 Å². The number of ether oxygens (including phenoxy) is 1. The highest BCUT2D eigenvalue weighted by atomic mass is 31.2. The summed E-state index contributed by atoms with van der Waals surface area (Å²) in [5, 5.41) is 10.2. The van der Waals surface area contributed by atoms with Crippen LogP contribution in [0.5, 0.6) is 0 Å². The van der Waals surface area contributed by atoms with E-state index in [1.807, 2.05) is 0 Å². The molecule has 5 atom stereocenters. The van der Waals surface area contributed by atoms with Gasteiger partial charge in [0.25, 0.3) is 5.56 Å². The summed E-state index contributed by atoms with van der Waals surface area (Å²) in [5.74, 6) is 0.236. The van der Waals surface area contributed by atoms with E-state index in [0.717, 1.165) is 7.11 Å². The zero-order chi connectivity index (χ0) is 19.3. The van der Waals surface area contributed by atoms with Crippen molar-refractivity contribution in [2.45, 2.75) is 24.6 Å². The number of phosphoric ester groups is 1. The zero-order valence-corrected chi connectivity index (χ0v) is 14.7. The van der Waals surface area contributed by atoms with Crippen LogP contribution in [0.2, 0.25) is 0 Å². The molecule has 1 unspecified atom stereocenters. The van der Waals surface area contributed by atoms with Gasteiger partial charge in [0.2, 0.25) is 5.78 Å². The van der Waals surface area contributed by atoms with Crippen molar-refractivity contribution < 1.29 is 32.7 Å². The molecule has 0 aliphatic carbocycles. The summed E-state index contributed by atoms with van der Waals surface area (Å²) in [7, 11) is -3.36. The molecule has 0 radical (unpaired) electrons. The number of aromatic amines is 1. The van der Waals surface area contributed by atoms with Crippen LogP contribution in [0.1, 0.15) is 6.23 Å². The topological polar surface area (TPSA) is 153 Å². The number of aliphatic hydroxyl groups excluding tert-OH is 1. The van der Waals surface area contributed by atoms with Crippen LogP contribution in [0, 0.1) is 0 Å². The molecule has 27 heavy (non-hydrogen) atoms. The molecule has 0 saturated carbocycles. The van der Waals surface area contributed by atoms with E-state index in [1.54, 1.807) is 0 Å². The maximum atomic E-state index is 14.4. The molecule has 4 rings (SSSR count). The highest BCUT2D eigenvalue weighted by Crippen LogP contribution is 2.43. The third-order valence-corrected chi connectivity index (χ3v) is 5.22. The summed E-state index contributed by atoms with van der Waals surface area (Å²) < 4.78 is 42.6. The summed E-state index contributed by atoms with van der Waals surface area (Å²) in [6, 6.07) is 0. The Morgan fingerprint density at radius 2 is 2.26 bits per heavy atom. The first kappa shape index (κ1) is 18.2. The average Bonchev–Trinajstić information content (AvgIpc) is 3.34. The smallest absolute Gasteiger partial charge is 0.385 e. The van der Waals surface area contributed by atoms with Gasteiger partial charge < -0.3 is 19.7 Å². The molecule has 12 nitrogen and oxygen atoms in total. The fourth-order valence-corrected chi connectivity index (χ4v) is 3.35. The number of hydrogen-bond acceptors (Lipinski definition) is 8. The quantitative estimate of drug-likeness (QED) is 0.489. The third kappa shape index (κ3) is 2.98. The number of hydrogen-bond donors (Lipinski definition) is 3. The molecule has 1 saturated heterocycles. The molecular weight excluding hydrogens is 388 g/mol. The maximum absolute atomic E-state index is 14.4. The molecule has 1 aliphatic heterocycles. The van der Waals surface area contributed by atoms with Crippen molar-refractivity contribution in [1.29, 1.82) is 0 Å². The van der Waals surface area contributed by atoms with Crippen molar-refractivity contribution >= 4 is 24.8 Å². The third-order valence-electron chi connectivity index (χ3n) is 4.28. The Balaban J connectivity index is 1.66. The Hall–Kier alpha value is -2.15. The first-order chi connectivity index (χ1) is 12.8. The minimum atomic E-state index is -4.32. The molecule has 3 N–H and O–H groups in total. The van der Waals surface area contributed by atoms with E-state index in [-0.39, 0.29) is 16.9 Å². The minimum Gasteiger partial charge on any atom is -0.385 e. The van der Waals surface area contributed by atoms with Crippen LogP contribution in [-0.2, 0) is 18.3 Å². The molecule has 146 valence electrons. The van der Waals surface area contributed by atoms with Crippen LogP contribution in [0.3, 0.4) is 0 Å². The zero-order valence-electron chi connectivity index (χ0n) is 13.8. The summed E-state index contributed by atoms with van der Waals surface area (Å²) in [4.78, 5) is 32.5. The van der Waals surface area contributed by atoms with Crippen molar-refractivity contribution in [2.75, 3.05) is 13.7 Å². The predicted molar refractivity (Wildman–Crippen MR) is 86.7 cm³/mol. The molecule has 0 aromatic carbocycles. The molecule has 3 aromatic heterocycles. The van der Waals surface area contributed by atoms with Gasteiger partial charge >= 0.3 is 7.82 Å². The minimum absolute atomic E-state index is 0.0469. The number of imidazole rings is 2. The second kappa shape index (κ2) is 6.48. The van der Waals surface area contributed by atoms with Crippen molar-refractivity contribution in [1.82, 2.24) is 23.9 Å². The molecule has 1 aliphatic rings. The van der Waals surface area contributed by atoms with Crippen molar-refractivity contribution in [3.63, 3.8) is 0 Å². The molecule has 0 amide bonds. The van der Waals surface area contributed by atoms with Gasteiger partial charge in [0.15, 0.2) is 17.9 Å². The van der Waals surface area contributed by atoms with Crippen LogP contribution in [0.4, 0.5) is 4.39 Å². The van der Waals surface area contributed by atoms with E-state index < -0.39 is 44.6 Å². The van der Waals surface area contributed by atoms with Crippen LogP contribution >= 0.6 is 7.82 Å². The van der Waals surface area contributed by atoms with Gasteiger partial charge in [0, 0.05) is 19.5 Å². The monoisotopic (exact) mass is 403 g/mol. The molecule has 4 heterocycles. The number of phosphoric acid groups is 1. The number of nitrogens with one attached hydrogen (secondary N) is 1. The number of aliphatic hydroxyl groups is 1. The lowest BCUT2D eigenvalue weighted by Crippen LogP contribution is -2.30. The van der Waals surface area contributed by atoms with Gasteiger partial charge in [-0.25, -0.2) is 23.3 Å². The van der Waals surface area contributed by atoms with Crippen molar-refractivity contribution in [2.24, 2.45) is 0 Å². The maximum Gasteiger partial charge on any atom is 0.472 e. The van der Waals surface area contributed by atoms with Crippen LogP contribution in [-0.4, -0.2) is 66.0 Å². The molecule has 0 bridgehead atoms. The van der Waals surface area contributed by atoms with E-state index in [2.05, 4.69) is 24.0 Å². The number of fused-ring (bicyclic) bond motifs is 2. The first-order valence-electron chi connectivity index (χ1n) is 7.75. The van der Waals surface area contributed by atoms with Gasteiger partial charge in [-0.15, -0.1) is 0 Å².